The molecule has 2 aromatic rings. The topological polar surface area (TPSA) is 76.2 Å². The molecule has 0 aliphatic carbocycles. The Morgan fingerprint density at radius 1 is 1.09 bits per heavy atom. The number of methoxy groups -OCH3 is 1. The van der Waals surface area contributed by atoms with Gasteiger partial charge in [0.1, 0.15) is 5.75 Å². The molecule has 2 aliphatic heterocycles. The van der Waals surface area contributed by atoms with E-state index in [9.17, 15) is 13.2 Å². The third kappa shape index (κ3) is 4.27. The quantitative estimate of drug-likeness (QED) is 0.602. The highest BCUT2D eigenvalue weighted by Crippen LogP contribution is 2.44. The fourth-order valence-electron chi connectivity index (χ4n) is 5.14. The van der Waals surface area contributed by atoms with E-state index in [-0.39, 0.29) is 30.4 Å². The van der Waals surface area contributed by atoms with E-state index < -0.39 is 15.6 Å². The van der Waals surface area contributed by atoms with Gasteiger partial charge in [0.2, 0.25) is 10.0 Å². The predicted octanol–water partition coefficient (Wildman–Crippen LogP) is 3.02. The summed E-state index contributed by atoms with van der Waals surface area (Å²) in [6.45, 7) is 7.85. The summed E-state index contributed by atoms with van der Waals surface area (Å²) in [5.41, 5.74) is 3.30. The third-order valence-electron chi connectivity index (χ3n) is 6.84. The second kappa shape index (κ2) is 9.08. The Hall–Kier alpha value is -2.42. The first-order valence-corrected chi connectivity index (χ1v) is 12.8. The minimum Gasteiger partial charge on any atom is -0.496 e. The van der Waals surface area contributed by atoms with Gasteiger partial charge in [0.05, 0.1) is 30.6 Å². The number of hydrogen-bond acceptors (Lipinski definition) is 6. The van der Waals surface area contributed by atoms with Crippen LogP contribution in [-0.2, 0) is 31.5 Å². The van der Waals surface area contributed by atoms with Crippen molar-refractivity contribution < 1.29 is 22.7 Å². The molecule has 2 aromatic carbocycles. The summed E-state index contributed by atoms with van der Waals surface area (Å²) in [6.07, 6.45) is 0.926. The van der Waals surface area contributed by atoms with Crippen LogP contribution in [-0.4, -0.2) is 63.5 Å². The minimum absolute atomic E-state index is 0.0833. The van der Waals surface area contributed by atoms with Crippen LogP contribution in [0.4, 0.5) is 0 Å². The first-order chi connectivity index (χ1) is 15.7. The molecule has 1 saturated heterocycles. The molecule has 2 heterocycles. The van der Waals surface area contributed by atoms with Crippen LogP contribution in [0.1, 0.15) is 35.6 Å². The number of carbonyl (C=O) groups excluding carboxylic acids is 1. The summed E-state index contributed by atoms with van der Waals surface area (Å²) in [5, 5.41) is 0. The standard InChI is InChI=1S/C25H32N2O5S/c1-5-32-24(28)16-25-17-27(33(29,30)21-8-6-18(2)7-9-21)13-12-26(25)11-10-20-14-19(3)23(31-4)15-22(20)25/h6-9,14-15H,5,10-13,16-17H2,1-4H3. The lowest BCUT2D eigenvalue weighted by Gasteiger charge is -2.53. The number of benzene rings is 2. The molecule has 0 aromatic heterocycles. The lowest BCUT2D eigenvalue weighted by molar-refractivity contribution is -0.148. The largest absolute Gasteiger partial charge is 0.496 e. The van der Waals surface area contributed by atoms with Crippen molar-refractivity contribution in [2.24, 2.45) is 0 Å². The number of hydrogen-bond donors (Lipinski definition) is 0. The van der Waals surface area contributed by atoms with Crippen LogP contribution in [0.2, 0.25) is 0 Å². The molecule has 178 valence electrons. The van der Waals surface area contributed by atoms with Gasteiger partial charge in [-0.25, -0.2) is 8.42 Å². The number of sulfonamides is 1. The van der Waals surface area contributed by atoms with E-state index in [2.05, 4.69) is 11.0 Å². The summed E-state index contributed by atoms with van der Waals surface area (Å²) in [7, 11) is -2.09. The summed E-state index contributed by atoms with van der Waals surface area (Å²) in [6, 6.07) is 11.0. The zero-order valence-electron chi connectivity index (χ0n) is 19.8. The van der Waals surface area contributed by atoms with Gasteiger partial charge < -0.3 is 9.47 Å². The van der Waals surface area contributed by atoms with Crippen molar-refractivity contribution >= 4 is 16.0 Å². The van der Waals surface area contributed by atoms with Crippen molar-refractivity contribution in [3.63, 3.8) is 0 Å². The van der Waals surface area contributed by atoms with E-state index in [1.807, 2.05) is 19.9 Å². The number of aryl methyl sites for hydroxylation is 2. The average molecular weight is 473 g/mol. The maximum absolute atomic E-state index is 13.6. The maximum Gasteiger partial charge on any atom is 0.308 e. The summed E-state index contributed by atoms with van der Waals surface area (Å²) >= 11 is 0. The van der Waals surface area contributed by atoms with Gasteiger partial charge in [0.25, 0.3) is 0 Å². The van der Waals surface area contributed by atoms with Crippen molar-refractivity contribution in [2.45, 2.75) is 44.0 Å². The van der Waals surface area contributed by atoms with Crippen LogP contribution < -0.4 is 4.74 Å². The maximum atomic E-state index is 13.6. The van der Waals surface area contributed by atoms with Crippen LogP contribution >= 0.6 is 0 Å². The zero-order valence-corrected chi connectivity index (χ0v) is 20.6. The SMILES string of the molecule is CCOC(=O)CC12CN(S(=O)(=O)c3ccc(C)cc3)CCN1CCc1cc(C)c(OC)cc12. The summed E-state index contributed by atoms with van der Waals surface area (Å²) in [4.78, 5) is 15.3. The van der Waals surface area contributed by atoms with Crippen molar-refractivity contribution in [3.05, 3.63) is 58.7 Å². The molecule has 1 fully saturated rings. The van der Waals surface area contributed by atoms with Crippen molar-refractivity contribution in [1.29, 1.82) is 0 Å². The fraction of sp³-hybridized carbons (Fsp3) is 0.480. The van der Waals surface area contributed by atoms with Crippen LogP contribution in [0.15, 0.2) is 41.3 Å². The van der Waals surface area contributed by atoms with Gasteiger partial charge in [-0.15, -0.1) is 0 Å². The molecule has 0 N–H and O–H groups in total. The Kier molecular flexibility index (Phi) is 6.53. The Morgan fingerprint density at radius 3 is 2.48 bits per heavy atom. The molecule has 2 aliphatic rings. The number of piperazine rings is 1. The summed E-state index contributed by atoms with van der Waals surface area (Å²) < 4.78 is 39.6. The number of fused-ring (bicyclic) bond motifs is 3. The van der Waals surface area contributed by atoms with Gasteiger partial charge in [0.15, 0.2) is 0 Å². The Labute approximate surface area is 196 Å². The monoisotopic (exact) mass is 472 g/mol. The van der Waals surface area contributed by atoms with Gasteiger partial charge in [-0.1, -0.05) is 23.8 Å². The molecule has 7 nitrogen and oxygen atoms in total. The van der Waals surface area contributed by atoms with E-state index in [0.717, 1.165) is 41.0 Å². The van der Waals surface area contributed by atoms with Crippen LogP contribution in [0.3, 0.4) is 0 Å². The van der Waals surface area contributed by atoms with Gasteiger partial charge in [0, 0.05) is 26.2 Å². The van der Waals surface area contributed by atoms with Crippen molar-refractivity contribution in [1.82, 2.24) is 9.21 Å². The molecule has 0 radical (unpaired) electrons. The molecular weight excluding hydrogens is 440 g/mol. The normalized spacial score (nSPS) is 21.2. The third-order valence-corrected chi connectivity index (χ3v) is 8.70. The predicted molar refractivity (Wildman–Crippen MR) is 126 cm³/mol. The van der Waals surface area contributed by atoms with E-state index >= 15 is 0 Å². The van der Waals surface area contributed by atoms with E-state index in [1.165, 1.54) is 4.31 Å². The molecular formula is C25H32N2O5S. The average Bonchev–Trinajstić information content (AvgIpc) is 2.78. The van der Waals surface area contributed by atoms with Gasteiger partial charge in [-0.05, 0) is 62.1 Å². The number of ether oxygens (including phenoxy) is 2. The molecule has 33 heavy (non-hydrogen) atoms. The van der Waals surface area contributed by atoms with E-state index in [1.54, 1.807) is 38.3 Å². The van der Waals surface area contributed by atoms with E-state index in [4.69, 9.17) is 9.47 Å². The first-order valence-electron chi connectivity index (χ1n) is 11.4. The molecule has 8 heteroatoms. The molecule has 1 atom stereocenters. The molecule has 0 bridgehead atoms. The van der Waals surface area contributed by atoms with Crippen molar-refractivity contribution in [2.75, 3.05) is 39.9 Å². The van der Waals surface area contributed by atoms with Gasteiger partial charge in [-0.3, -0.25) is 9.69 Å². The minimum atomic E-state index is -3.72. The molecule has 0 saturated carbocycles. The van der Waals surface area contributed by atoms with Crippen LogP contribution in [0.25, 0.3) is 0 Å². The second-order valence-corrected chi connectivity index (χ2v) is 10.8. The zero-order chi connectivity index (χ0) is 23.8. The molecule has 4 rings (SSSR count). The number of nitrogens with zero attached hydrogens (tertiary/aromatic N) is 2. The first kappa shape index (κ1) is 23.7. The van der Waals surface area contributed by atoms with Gasteiger partial charge >= 0.3 is 5.97 Å². The van der Waals surface area contributed by atoms with Gasteiger partial charge in [-0.2, -0.15) is 4.31 Å². The Bertz CT molecular complexity index is 1150. The van der Waals surface area contributed by atoms with Crippen LogP contribution in [0.5, 0.6) is 5.75 Å². The van der Waals surface area contributed by atoms with Crippen molar-refractivity contribution in [3.8, 4) is 5.75 Å². The number of rotatable bonds is 6. The highest BCUT2D eigenvalue weighted by Gasteiger charge is 2.50. The number of carbonyl (C=O) groups is 1. The summed E-state index contributed by atoms with van der Waals surface area (Å²) in [5.74, 6) is 0.404. The fourth-order valence-corrected chi connectivity index (χ4v) is 6.62. The smallest absolute Gasteiger partial charge is 0.308 e. The second-order valence-electron chi connectivity index (χ2n) is 8.88. The lowest BCUT2D eigenvalue weighted by Crippen LogP contribution is -2.64. The number of esters is 1. The Morgan fingerprint density at radius 2 is 1.82 bits per heavy atom. The molecule has 1 unspecified atom stereocenters. The van der Waals surface area contributed by atoms with Crippen LogP contribution in [0, 0.1) is 13.8 Å². The highest BCUT2D eigenvalue weighted by atomic mass is 32.2. The molecule has 0 spiro atoms. The van der Waals surface area contributed by atoms with E-state index in [0.29, 0.717) is 13.1 Å². The lowest BCUT2D eigenvalue weighted by atomic mass is 9.76. The highest BCUT2D eigenvalue weighted by molar-refractivity contribution is 7.89. The molecule has 0 amide bonds. The Balaban J connectivity index is 1.81.